The molecule has 152 valence electrons. The van der Waals surface area contributed by atoms with E-state index in [0.717, 1.165) is 31.6 Å². The van der Waals surface area contributed by atoms with Gasteiger partial charge in [-0.3, -0.25) is 4.98 Å². The molecule has 0 saturated heterocycles. The molecule has 29 heavy (non-hydrogen) atoms. The van der Waals surface area contributed by atoms with E-state index in [9.17, 15) is 0 Å². The van der Waals surface area contributed by atoms with Crippen molar-refractivity contribution in [3.63, 3.8) is 0 Å². The molecule has 2 nitrogen and oxygen atoms in total. The topological polar surface area (TPSA) is 22.1 Å². The van der Waals surface area contributed by atoms with Gasteiger partial charge in [-0.2, -0.15) is 0 Å². The lowest BCUT2D eigenvalue weighted by Gasteiger charge is -2.14. The van der Waals surface area contributed by atoms with Crippen LogP contribution >= 0.6 is 0 Å². The van der Waals surface area contributed by atoms with E-state index in [0.29, 0.717) is 5.92 Å². The highest BCUT2D eigenvalue weighted by atomic mass is 16.5. The highest BCUT2D eigenvalue weighted by Gasteiger charge is 2.09. The van der Waals surface area contributed by atoms with Crippen molar-refractivity contribution >= 4 is 0 Å². The normalized spacial score (nSPS) is 12.0. The summed E-state index contributed by atoms with van der Waals surface area (Å²) in [7, 11) is 0. The second kappa shape index (κ2) is 10.8. The predicted octanol–water partition coefficient (Wildman–Crippen LogP) is 7.42. The number of aromatic nitrogens is 1. The number of benzene rings is 2. The van der Waals surface area contributed by atoms with Crippen LogP contribution < -0.4 is 4.74 Å². The largest absolute Gasteiger partial charge is 0.494 e. The van der Waals surface area contributed by atoms with E-state index in [4.69, 9.17) is 4.74 Å². The van der Waals surface area contributed by atoms with Crippen LogP contribution in [-0.4, -0.2) is 11.6 Å². The van der Waals surface area contributed by atoms with Crippen molar-refractivity contribution in [3.8, 4) is 16.9 Å². The summed E-state index contributed by atoms with van der Waals surface area (Å²) < 4.78 is 5.76. The van der Waals surface area contributed by atoms with Crippen LogP contribution in [0.15, 0.2) is 66.9 Å². The number of aryl methyl sites for hydroxylation is 1. The van der Waals surface area contributed by atoms with Crippen LogP contribution in [0.25, 0.3) is 11.1 Å². The van der Waals surface area contributed by atoms with Crippen molar-refractivity contribution in [2.75, 3.05) is 6.61 Å². The first-order chi connectivity index (χ1) is 14.2. The van der Waals surface area contributed by atoms with Crippen molar-refractivity contribution in [2.24, 2.45) is 0 Å². The molecule has 0 fully saturated rings. The van der Waals surface area contributed by atoms with Gasteiger partial charge in [-0.1, -0.05) is 76.1 Å². The van der Waals surface area contributed by atoms with Crippen LogP contribution in [0.2, 0.25) is 0 Å². The molecular weight excluding hydrogens is 354 g/mol. The Morgan fingerprint density at radius 2 is 1.38 bits per heavy atom. The zero-order valence-corrected chi connectivity index (χ0v) is 18.0. The summed E-state index contributed by atoms with van der Waals surface area (Å²) in [5.41, 5.74) is 6.23. The SMILES string of the molecule is CCCCOc1ccc(-c2ccc(C(C)c3ccc(CCCC)nc3)cc2)cc1. The predicted molar refractivity (Wildman–Crippen MR) is 123 cm³/mol. The Kier molecular flexibility index (Phi) is 7.86. The Bertz CT molecular complexity index is 851. The number of ether oxygens (including phenoxy) is 1. The molecule has 1 unspecified atom stereocenters. The first kappa shape index (κ1) is 21.1. The lowest BCUT2D eigenvalue weighted by molar-refractivity contribution is 0.309. The van der Waals surface area contributed by atoms with Crippen LogP contribution in [0, 0.1) is 0 Å². The molecule has 3 rings (SSSR count). The third kappa shape index (κ3) is 5.93. The van der Waals surface area contributed by atoms with Gasteiger partial charge in [0.15, 0.2) is 0 Å². The molecule has 0 saturated carbocycles. The van der Waals surface area contributed by atoms with Gasteiger partial charge in [0.2, 0.25) is 0 Å². The molecule has 0 N–H and O–H groups in total. The Labute approximate surface area is 176 Å². The fourth-order valence-electron chi connectivity index (χ4n) is 3.43. The Balaban J connectivity index is 1.64. The van der Waals surface area contributed by atoms with Gasteiger partial charge in [0.1, 0.15) is 5.75 Å². The molecule has 1 heterocycles. The van der Waals surface area contributed by atoms with Crippen LogP contribution in [0.3, 0.4) is 0 Å². The minimum absolute atomic E-state index is 0.339. The first-order valence-electron chi connectivity index (χ1n) is 11.0. The number of nitrogens with zero attached hydrogens (tertiary/aromatic N) is 1. The molecular formula is C27H33NO. The number of rotatable bonds is 10. The van der Waals surface area contributed by atoms with E-state index in [2.05, 4.69) is 86.4 Å². The second-order valence-electron chi connectivity index (χ2n) is 7.76. The van der Waals surface area contributed by atoms with Gasteiger partial charge in [0, 0.05) is 17.8 Å². The molecule has 0 aliphatic carbocycles. The van der Waals surface area contributed by atoms with Crippen LogP contribution in [0.4, 0.5) is 0 Å². The van der Waals surface area contributed by atoms with Crippen molar-refractivity contribution in [1.29, 1.82) is 0 Å². The first-order valence-corrected chi connectivity index (χ1v) is 11.0. The standard InChI is InChI=1S/C27H33NO/c1-4-6-8-26-16-13-25(20-28-26)21(3)22-9-11-23(12-10-22)24-14-17-27(18-15-24)29-19-7-5-2/h9-18,20-21H,4-8,19H2,1-3H3. The Morgan fingerprint density at radius 1 is 0.759 bits per heavy atom. The smallest absolute Gasteiger partial charge is 0.119 e. The van der Waals surface area contributed by atoms with E-state index >= 15 is 0 Å². The molecule has 0 amide bonds. The Hall–Kier alpha value is -2.61. The van der Waals surface area contributed by atoms with E-state index in [1.807, 2.05) is 6.20 Å². The molecule has 0 spiro atoms. The van der Waals surface area contributed by atoms with E-state index < -0.39 is 0 Å². The summed E-state index contributed by atoms with van der Waals surface area (Å²) in [5.74, 6) is 1.29. The van der Waals surface area contributed by atoms with E-state index in [1.165, 1.54) is 40.8 Å². The van der Waals surface area contributed by atoms with Crippen LogP contribution in [0.1, 0.15) is 69.2 Å². The molecule has 2 aromatic carbocycles. The van der Waals surface area contributed by atoms with Crippen molar-refractivity contribution in [1.82, 2.24) is 4.98 Å². The van der Waals surface area contributed by atoms with Gasteiger partial charge < -0.3 is 4.74 Å². The minimum Gasteiger partial charge on any atom is -0.494 e. The maximum absolute atomic E-state index is 5.76. The van der Waals surface area contributed by atoms with Gasteiger partial charge >= 0.3 is 0 Å². The molecule has 2 heteroatoms. The summed E-state index contributed by atoms with van der Waals surface area (Å²) in [6.07, 6.45) is 7.78. The summed E-state index contributed by atoms with van der Waals surface area (Å²) in [5, 5.41) is 0. The lowest BCUT2D eigenvalue weighted by Crippen LogP contribution is -1.99. The molecule has 1 atom stereocenters. The van der Waals surface area contributed by atoms with E-state index in [1.54, 1.807) is 0 Å². The summed E-state index contributed by atoms with van der Waals surface area (Å²) >= 11 is 0. The molecule has 3 aromatic rings. The van der Waals surface area contributed by atoms with E-state index in [-0.39, 0.29) is 0 Å². The molecule has 0 radical (unpaired) electrons. The number of pyridine rings is 1. The minimum atomic E-state index is 0.339. The summed E-state index contributed by atoms with van der Waals surface area (Å²) in [4.78, 5) is 4.65. The summed E-state index contributed by atoms with van der Waals surface area (Å²) in [6.45, 7) is 7.43. The van der Waals surface area contributed by atoms with Gasteiger partial charge in [0.05, 0.1) is 6.61 Å². The van der Waals surface area contributed by atoms with Crippen molar-refractivity contribution in [2.45, 2.75) is 58.8 Å². The van der Waals surface area contributed by atoms with Gasteiger partial charge in [-0.05, 0) is 59.7 Å². The average Bonchev–Trinajstić information content (AvgIpc) is 2.78. The molecule has 1 aromatic heterocycles. The van der Waals surface area contributed by atoms with Gasteiger partial charge in [-0.25, -0.2) is 0 Å². The lowest BCUT2D eigenvalue weighted by atomic mass is 9.92. The van der Waals surface area contributed by atoms with Crippen molar-refractivity contribution in [3.05, 3.63) is 83.7 Å². The zero-order chi connectivity index (χ0) is 20.5. The molecule has 0 bridgehead atoms. The quantitative estimate of drug-likeness (QED) is 0.338. The number of hydrogen-bond donors (Lipinski definition) is 0. The van der Waals surface area contributed by atoms with Gasteiger partial charge in [-0.15, -0.1) is 0 Å². The third-order valence-corrected chi connectivity index (χ3v) is 5.50. The van der Waals surface area contributed by atoms with Crippen molar-refractivity contribution < 1.29 is 4.74 Å². The van der Waals surface area contributed by atoms with Crippen LogP contribution in [0.5, 0.6) is 5.75 Å². The maximum atomic E-state index is 5.76. The highest BCUT2D eigenvalue weighted by molar-refractivity contribution is 5.64. The third-order valence-electron chi connectivity index (χ3n) is 5.50. The molecule has 0 aliphatic rings. The van der Waals surface area contributed by atoms with Crippen LogP contribution in [-0.2, 0) is 6.42 Å². The maximum Gasteiger partial charge on any atom is 0.119 e. The zero-order valence-electron chi connectivity index (χ0n) is 18.0. The average molecular weight is 388 g/mol. The molecule has 0 aliphatic heterocycles. The fourth-order valence-corrected chi connectivity index (χ4v) is 3.43. The second-order valence-corrected chi connectivity index (χ2v) is 7.76. The number of hydrogen-bond acceptors (Lipinski definition) is 2. The fraction of sp³-hybridized carbons (Fsp3) is 0.370. The monoisotopic (exact) mass is 387 g/mol. The number of unbranched alkanes of at least 4 members (excludes halogenated alkanes) is 2. The summed E-state index contributed by atoms with van der Waals surface area (Å²) in [6, 6.07) is 21.7. The Morgan fingerprint density at radius 3 is 1.97 bits per heavy atom. The van der Waals surface area contributed by atoms with Gasteiger partial charge in [0.25, 0.3) is 0 Å². The highest BCUT2D eigenvalue weighted by Crippen LogP contribution is 2.28.